The molecule has 4 aromatic rings. The minimum atomic E-state index is -0.501. The molecule has 0 aliphatic carbocycles. The Balaban J connectivity index is 1.82. The molecule has 1 aliphatic rings. The molecular formula is C28H27N7O2. The Hall–Kier alpha value is -4.60. The minimum Gasteiger partial charge on any atom is -0.341 e. The molecule has 9 heteroatoms. The van der Waals surface area contributed by atoms with Crippen LogP contribution < -0.4 is 21.9 Å². The van der Waals surface area contributed by atoms with Gasteiger partial charge in [-0.15, -0.1) is 5.92 Å². The van der Waals surface area contributed by atoms with Crippen molar-refractivity contribution < 1.29 is 0 Å². The number of imidazole rings is 1. The molecule has 37 heavy (non-hydrogen) atoms. The molecule has 2 N–H and O–H groups in total. The van der Waals surface area contributed by atoms with Crippen LogP contribution in [0.25, 0.3) is 16.9 Å². The third-order valence-corrected chi connectivity index (χ3v) is 6.58. The van der Waals surface area contributed by atoms with Crippen molar-refractivity contribution in [2.24, 2.45) is 5.73 Å². The van der Waals surface area contributed by atoms with E-state index in [9.17, 15) is 14.9 Å². The van der Waals surface area contributed by atoms with Crippen LogP contribution in [0.1, 0.15) is 30.9 Å². The summed E-state index contributed by atoms with van der Waals surface area (Å²) in [7, 11) is 0. The number of nitriles is 1. The largest absolute Gasteiger partial charge is 0.341 e. The summed E-state index contributed by atoms with van der Waals surface area (Å²) in [4.78, 5) is 34.8. The SMILES string of the molecule is CC#CCn1c(N2CCC[C@@H](N)C2)nc2c1c(=O)n(Cc1cccc(C#N)c1)c(=O)n2-c1ccccc1. The summed E-state index contributed by atoms with van der Waals surface area (Å²) in [5.74, 6) is 6.55. The number of hydrogen-bond acceptors (Lipinski definition) is 6. The Morgan fingerprint density at radius 1 is 1.11 bits per heavy atom. The summed E-state index contributed by atoms with van der Waals surface area (Å²) in [6.07, 6.45) is 1.84. The second-order valence-corrected chi connectivity index (χ2v) is 9.10. The van der Waals surface area contributed by atoms with Gasteiger partial charge in [0, 0.05) is 19.1 Å². The fraction of sp³-hybridized carbons (Fsp3) is 0.286. The van der Waals surface area contributed by atoms with E-state index < -0.39 is 11.2 Å². The first-order chi connectivity index (χ1) is 18.0. The molecule has 0 unspecified atom stereocenters. The third kappa shape index (κ3) is 4.53. The Kier molecular flexibility index (Phi) is 6.63. The smallest absolute Gasteiger partial charge is 0.337 e. The average molecular weight is 494 g/mol. The van der Waals surface area contributed by atoms with Crippen molar-refractivity contribution in [3.05, 3.63) is 86.6 Å². The molecule has 1 saturated heterocycles. The minimum absolute atomic E-state index is 0.000318. The standard InChI is InChI=1S/C28H27N7O2/c1-2-3-15-33-24-25(31-27(33)32-14-8-11-22(30)19-32)35(23-12-5-4-6-13-23)28(37)34(26(24)36)18-21-10-7-9-20(16-21)17-29/h4-7,9-10,12-13,16,22H,8,11,14-15,18-19,30H2,1H3/t22-/m1/s1. The summed E-state index contributed by atoms with van der Waals surface area (Å²) in [6, 6.07) is 18.2. The molecular weight excluding hydrogens is 466 g/mol. The number of anilines is 1. The van der Waals surface area contributed by atoms with E-state index in [0.29, 0.717) is 34.8 Å². The molecule has 2 aromatic heterocycles. The molecule has 0 amide bonds. The van der Waals surface area contributed by atoms with Gasteiger partial charge in [0.1, 0.15) is 0 Å². The van der Waals surface area contributed by atoms with Gasteiger partial charge in [-0.25, -0.2) is 9.36 Å². The van der Waals surface area contributed by atoms with Crippen LogP contribution in [0.3, 0.4) is 0 Å². The summed E-state index contributed by atoms with van der Waals surface area (Å²) in [5, 5.41) is 9.31. The van der Waals surface area contributed by atoms with E-state index in [2.05, 4.69) is 22.8 Å². The maximum atomic E-state index is 14.0. The van der Waals surface area contributed by atoms with Crippen LogP contribution in [-0.2, 0) is 13.1 Å². The molecule has 9 nitrogen and oxygen atoms in total. The van der Waals surface area contributed by atoms with Crippen molar-refractivity contribution in [3.63, 3.8) is 0 Å². The van der Waals surface area contributed by atoms with Crippen LogP contribution in [0, 0.1) is 23.2 Å². The second-order valence-electron chi connectivity index (χ2n) is 9.10. The first-order valence-electron chi connectivity index (χ1n) is 12.2. The monoisotopic (exact) mass is 493 g/mol. The molecule has 0 bridgehead atoms. The van der Waals surface area contributed by atoms with Gasteiger partial charge in [0.2, 0.25) is 5.95 Å². The number of nitrogens with zero attached hydrogens (tertiary/aromatic N) is 6. The van der Waals surface area contributed by atoms with Crippen LogP contribution >= 0.6 is 0 Å². The Morgan fingerprint density at radius 2 is 1.92 bits per heavy atom. The number of benzene rings is 2. The van der Waals surface area contributed by atoms with E-state index in [1.165, 1.54) is 9.13 Å². The first-order valence-corrected chi connectivity index (χ1v) is 12.2. The van der Waals surface area contributed by atoms with E-state index in [-0.39, 0.29) is 24.8 Å². The summed E-state index contributed by atoms with van der Waals surface area (Å²) in [6.45, 7) is 3.37. The molecule has 0 radical (unpaired) electrons. The predicted octanol–water partition coefficient (Wildman–Crippen LogP) is 2.22. The predicted molar refractivity (Wildman–Crippen MR) is 143 cm³/mol. The van der Waals surface area contributed by atoms with E-state index >= 15 is 0 Å². The number of fused-ring (bicyclic) bond motifs is 1. The molecule has 1 fully saturated rings. The van der Waals surface area contributed by atoms with E-state index in [0.717, 1.165) is 19.4 Å². The molecule has 2 aromatic carbocycles. The maximum absolute atomic E-state index is 14.0. The number of hydrogen-bond donors (Lipinski definition) is 1. The summed E-state index contributed by atoms with van der Waals surface area (Å²) in [5.41, 5.74) is 7.64. The van der Waals surface area contributed by atoms with Crippen LogP contribution in [0.2, 0.25) is 0 Å². The molecule has 0 saturated carbocycles. The van der Waals surface area contributed by atoms with Crippen molar-refractivity contribution in [2.45, 2.75) is 38.9 Å². The van der Waals surface area contributed by atoms with Crippen molar-refractivity contribution in [1.29, 1.82) is 5.26 Å². The number of nitrogens with two attached hydrogens (primary N) is 1. The Labute approximate surface area is 214 Å². The van der Waals surface area contributed by atoms with Gasteiger partial charge in [-0.2, -0.15) is 10.2 Å². The number of piperidine rings is 1. The first kappa shape index (κ1) is 24.1. The van der Waals surface area contributed by atoms with E-state index in [1.807, 2.05) is 30.3 Å². The highest BCUT2D eigenvalue weighted by molar-refractivity contribution is 5.76. The normalized spacial score (nSPS) is 15.3. The summed E-state index contributed by atoms with van der Waals surface area (Å²) >= 11 is 0. The third-order valence-electron chi connectivity index (χ3n) is 6.58. The van der Waals surface area contributed by atoms with Gasteiger partial charge in [-0.3, -0.25) is 13.9 Å². The highest BCUT2D eigenvalue weighted by Gasteiger charge is 2.27. The van der Waals surface area contributed by atoms with Gasteiger partial charge in [0.05, 0.1) is 30.4 Å². The second kappa shape index (κ2) is 10.2. The number of aromatic nitrogens is 4. The maximum Gasteiger partial charge on any atom is 0.337 e. The molecule has 5 rings (SSSR count). The van der Waals surface area contributed by atoms with Crippen LogP contribution in [0.15, 0.2) is 64.2 Å². The highest BCUT2D eigenvalue weighted by Crippen LogP contribution is 2.24. The van der Waals surface area contributed by atoms with Gasteiger partial charge in [-0.05, 0) is 49.6 Å². The molecule has 1 atom stereocenters. The quantitative estimate of drug-likeness (QED) is 0.427. The highest BCUT2D eigenvalue weighted by atomic mass is 16.2. The van der Waals surface area contributed by atoms with Gasteiger partial charge < -0.3 is 10.6 Å². The van der Waals surface area contributed by atoms with Crippen molar-refractivity contribution in [1.82, 2.24) is 18.7 Å². The van der Waals surface area contributed by atoms with Crippen molar-refractivity contribution >= 4 is 17.1 Å². The molecule has 0 spiro atoms. The summed E-state index contributed by atoms with van der Waals surface area (Å²) < 4.78 is 4.48. The number of para-hydroxylation sites is 1. The van der Waals surface area contributed by atoms with Gasteiger partial charge in [0.15, 0.2) is 11.2 Å². The van der Waals surface area contributed by atoms with Crippen molar-refractivity contribution in [2.75, 3.05) is 18.0 Å². The van der Waals surface area contributed by atoms with Crippen molar-refractivity contribution in [3.8, 4) is 23.6 Å². The van der Waals surface area contributed by atoms with Crippen LogP contribution in [0.4, 0.5) is 5.95 Å². The lowest BCUT2D eigenvalue weighted by atomic mass is 10.1. The zero-order valence-electron chi connectivity index (χ0n) is 20.6. The zero-order valence-corrected chi connectivity index (χ0v) is 20.6. The molecule has 1 aliphatic heterocycles. The van der Waals surface area contributed by atoms with Crippen LogP contribution in [-0.4, -0.2) is 37.8 Å². The topological polar surface area (TPSA) is 115 Å². The fourth-order valence-corrected chi connectivity index (χ4v) is 4.83. The zero-order chi connectivity index (χ0) is 25.9. The van der Waals surface area contributed by atoms with E-state index in [1.54, 1.807) is 35.8 Å². The van der Waals surface area contributed by atoms with Gasteiger partial charge in [-0.1, -0.05) is 36.3 Å². The fourth-order valence-electron chi connectivity index (χ4n) is 4.83. The lowest BCUT2D eigenvalue weighted by Gasteiger charge is -2.31. The Bertz CT molecular complexity index is 1680. The average Bonchev–Trinajstić information content (AvgIpc) is 3.30. The lowest BCUT2D eigenvalue weighted by molar-refractivity contribution is 0.496. The lowest BCUT2D eigenvalue weighted by Crippen LogP contribution is -2.44. The molecule has 3 heterocycles. The van der Waals surface area contributed by atoms with Gasteiger partial charge >= 0.3 is 5.69 Å². The number of rotatable bonds is 5. The Morgan fingerprint density at radius 3 is 2.65 bits per heavy atom. The molecule has 186 valence electrons. The van der Waals surface area contributed by atoms with Gasteiger partial charge in [0.25, 0.3) is 5.56 Å². The van der Waals surface area contributed by atoms with E-state index in [4.69, 9.17) is 10.7 Å². The van der Waals surface area contributed by atoms with Crippen LogP contribution in [0.5, 0.6) is 0 Å².